The molecule has 1 aromatic rings. The number of benzene rings is 1. The number of hydrogen-bond donors (Lipinski definition) is 1. The number of para-hydroxylation sites is 1. The van der Waals surface area contributed by atoms with Crippen LogP contribution in [0.1, 0.15) is 43.5 Å². The van der Waals surface area contributed by atoms with Crippen molar-refractivity contribution in [3.8, 4) is 0 Å². The summed E-state index contributed by atoms with van der Waals surface area (Å²) in [5.74, 6) is -0.299. The fourth-order valence-electron chi connectivity index (χ4n) is 2.71. The number of nitro groups is 1. The van der Waals surface area contributed by atoms with E-state index in [0.29, 0.717) is 13.1 Å². The van der Waals surface area contributed by atoms with Crippen molar-refractivity contribution in [2.45, 2.75) is 33.1 Å². The summed E-state index contributed by atoms with van der Waals surface area (Å²) in [7, 11) is 0. The third-order valence-electron chi connectivity index (χ3n) is 4.59. The highest BCUT2D eigenvalue weighted by Crippen LogP contribution is 2.35. The zero-order valence-electron chi connectivity index (χ0n) is 12.5. The minimum Gasteiger partial charge on any atom is -0.393 e. The number of likely N-dealkylation sites (tertiary alicyclic amines) is 1. The summed E-state index contributed by atoms with van der Waals surface area (Å²) in [5, 5.41) is 11.1. The predicted octanol–water partition coefficient (Wildman–Crippen LogP) is 2.83. The molecule has 0 unspecified atom stereocenters. The van der Waals surface area contributed by atoms with Crippen molar-refractivity contribution in [2.75, 3.05) is 18.8 Å². The molecule has 0 spiro atoms. The molecule has 2 N–H and O–H groups in total. The molecule has 1 aliphatic heterocycles. The van der Waals surface area contributed by atoms with Gasteiger partial charge in [-0.05, 0) is 30.4 Å². The van der Waals surface area contributed by atoms with Gasteiger partial charge in [-0.2, -0.15) is 0 Å². The molecule has 1 aromatic carbocycles. The van der Waals surface area contributed by atoms with Gasteiger partial charge in [-0.15, -0.1) is 0 Å². The predicted molar refractivity (Wildman–Crippen MR) is 81.0 cm³/mol. The number of amides is 1. The highest BCUT2D eigenvalue weighted by Gasteiger charge is 2.33. The van der Waals surface area contributed by atoms with E-state index in [2.05, 4.69) is 13.8 Å². The van der Waals surface area contributed by atoms with E-state index in [1.165, 1.54) is 12.1 Å². The maximum Gasteiger partial charge on any atom is 0.304 e. The molecule has 6 heteroatoms. The fourth-order valence-corrected chi connectivity index (χ4v) is 2.71. The number of piperidine rings is 1. The van der Waals surface area contributed by atoms with Gasteiger partial charge in [0.05, 0.1) is 4.92 Å². The van der Waals surface area contributed by atoms with E-state index in [-0.39, 0.29) is 28.3 Å². The lowest BCUT2D eigenvalue weighted by Crippen LogP contribution is -2.42. The molecule has 1 heterocycles. The van der Waals surface area contributed by atoms with Crippen molar-refractivity contribution in [2.24, 2.45) is 5.41 Å². The third-order valence-corrected chi connectivity index (χ3v) is 4.59. The zero-order valence-corrected chi connectivity index (χ0v) is 12.5. The average molecular weight is 291 g/mol. The van der Waals surface area contributed by atoms with Crippen LogP contribution in [0.15, 0.2) is 18.2 Å². The second-order valence-corrected chi connectivity index (χ2v) is 5.96. The van der Waals surface area contributed by atoms with E-state index < -0.39 is 4.92 Å². The first-order chi connectivity index (χ1) is 9.88. The van der Waals surface area contributed by atoms with Crippen LogP contribution < -0.4 is 5.73 Å². The van der Waals surface area contributed by atoms with Gasteiger partial charge in [-0.1, -0.05) is 26.3 Å². The Bertz CT molecular complexity index is 563. The summed E-state index contributed by atoms with van der Waals surface area (Å²) in [6.07, 6.45) is 2.92. The molecule has 1 saturated heterocycles. The van der Waals surface area contributed by atoms with Crippen LogP contribution in [0.4, 0.5) is 11.4 Å². The summed E-state index contributed by atoms with van der Waals surface area (Å²) in [6.45, 7) is 5.64. The van der Waals surface area contributed by atoms with Crippen molar-refractivity contribution < 1.29 is 9.72 Å². The Morgan fingerprint density at radius 2 is 2.05 bits per heavy atom. The zero-order chi connectivity index (χ0) is 15.6. The molecule has 0 atom stereocenters. The molecule has 6 nitrogen and oxygen atoms in total. The van der Waals surface area contributed by atoms with Gasteiger partial charge < -0.3 is 10.6 Å². The minimum absolute atomic E-state index is 0.0289. The Balaban J connectivity index is 2.23. The normalized spacial score (nSPS) is 17.5. The molecule has 0 radical (unpaired) electrons. The van der Waals surface area contributed by atoms with E-state index in [0.717, 1.165) is 19.3 Å². The van der Waals surface area contributed by atoms with Crippen molar-refractivity contribution in [3.05, 3.63) is 33.9 Å². The number of hydrogen-bond acceptors (Lipinski definition) is 4. The Labute approximate surface area is 124 Å². The summed E-state index contributed by atoms with van der Waals surface area (Å²) in [6, 6.07) is 4.50. The monoisotopic (exact) mass is 291 g/mol. The van der Waals surface area contributed by atoms with Crippen molar-refractivity contribution in [3.63, 3.8) is 0 Å². The molecule has 1 fully saturated rings. The van der Waals surface area contributed by atoms with Crippen LogP contribution in [-0.2, 0) is 0 Å². The number of nitro benzene ring substituents is 1. The second-order valence-electron chi connectivity index (χ2n) is 5.96. The smallest absolute Gasteiger partial charge is 0.304 e. The Morgan fingerprint density at radius 3 is 2.57 bits per heavy atom. The van der Waals surface area contributed by atoms with Gasteiger partial charge in [0, 0.05) is 13.1 Å². The Morgan fingerprint density at radius 1 is 1.43 bits per heavy atom. The third kappa shape index (κ3) is 2.99. The molecular formula is C15H21N3O3. The first-order valence-electron chi connectivity index (χ1n) is 7.20. The molecule has 2 rings (SSSR count). The van der Waals surface area contributed by atoms with Crippen LogP contribution in [0.3, 0.4) is 0 Å². The Kier molecular flexibility index (Phi) is 4.16. The molecule has 0 aromatic heterocycles. The van der Waals surface area contributed by atoms with Gasteiger partial charge in [0.25, 0.3) is 5.91 Å². The number of nitrogens with zero attached hydrogens (tertiary/aromatic N) is 2. The number of nitrogen functional groups attached to an aromatic ring is 1. The van der Waals surface area contributed by atoms with Crippen molar-refractivity contribution >= 4 is 17.3 Å². The van der Waals surface area contributed by atoms with Crippen LogP contribution in [-0.4, -0.2) is 28.8 Å². The fraction of sp³-hybridized carbons (Fsp3) is 0.533. The highest BCUT2D eigenvalue weighted by atomic mass is 16.6. The summed E-state index contributed by atoms with van der Waals surface area (Å²) < 4.78 is 0. The molecular weight excluding hydrogens is 270 g/mol. The lowest BCUT2D eigenvalue weighted by atomic mass is 9.78. The van der Waals surface area contributed by atoms with E-state index >= 15 is 0 Å². The van der Waals surface area contributed by atoms with Crippen LogP contribution in [0.5, 0.6) is 0 Å². The minimum atomic E-state index is -0.581. The standard InChI is InChI=1S/C15H21N3O3/c1-3-15(2)7-9-17(10-8-15)14(19)11-5-4-6-12(16)13(11)18(20)21/h4-6H,3,7-10,16H2,1-2H3. The molecule has 21 heavy (non-hydrogen) atoms. The van der Waals surface area contributed by atoms with Crippen molar-refractivity contribution in [1.29, 1.82) is 0 Å². The van der Waals surface area contributed by atoms with Gasteiger partial charge in [0.15, 0.2) is 0 Å². The average Bonchev–Trinajstić information content (AvgIpc) is 2.46. The summed E-state index contributed by atoms with van der Waals surface area (Å²) in [4.78, 5) is 24.8. The van der Waals surface area contributed by atoms with E-state index in [9.17, 15) is 14.9 Å². The van der Waals surface area contributed by atoms with Crippen molar-refractivity contribution in [1.82, 2.24) is 4.90 Å². The SMILES string of the molecule is CCC1(C)CCN(C(=O)c2cccc(N)c2[N+](=O)[O-])CC1. The van der Waals surface area contributed by atoms with Gasteiger partial charge >= 0.3 is 5.69 Å². The lowest BCUT2D eigenvalue weighted by molar-refractivity contribution is -0.384. The second kappa shape index (κ2) is 5.71. The molecule has 114 valence electrons. The van der Waals surface area contributed by atoms with Gasteiger partial charge in [0.2, 0.25) is 0 Å². The first kappa shape index (κ1) is 15.3. The molecule has 0 bridgehead atoms. The lowest BCUT2D eigenvalue weighted by Gasteiger charge is -2.38. The molecule has 1 amide bonds. The number of carbonyl (C=O) groups excluding carboxylic acids is 1. The summed E-state index contributed by atoms with van der Waals surface area (Å²) in [5.41, 5.74) is 5.73. The van der Waals surface area contributed by atoms with Crippen LogP contribution in [0.2, 0.25) is 0 Å². The number of rotatable bonds is 3. The van der Waals surface area contributed by atoms with E-state index in [4.69, 9.17) is 5.73 Å². The largest absolute Gasteiger partial charge is 0.393 e. The maximum atomic E-state index is 12.5. The highest BCUT2D eigenvalue weighted by molar-refractivity contribution is 6.00. The van der Waals surface area contributed by atoms with E-state index in [1.807, 2.05) is 0 Å². The van der Waals surface area contributed by atoms with Gasteiger partial charge in [0.1, 0.15) is 11.3 Å². The number of nitrogens with two attached hydrogens (primary N) is 1. The maximum absolute atomic E-state index is 12.5. The van der Waals surface area contributed by atoms with Gasteiger partial charge in [-0.25, -0.2) is 0 Å². The number of carbonyl (C=O) groups is 1. The molecule has 1 aliphatic rings. The Hall–Kier alpha value is -2.11. The van der Waals surface area contributed by atoms with Crippen LogP contribution in [0, 0.1) is 15.5 Å². The van der Waals surface area contributed by atoms with Crippen LogP contribution in [0.25, 0.3) is 0 Å². The topological polar surface area (TPSA) is 89.5 Å². The first-order valence-corrected chi connectivity index (χ1v) is 7.20. The number of anilines is 1. The quantitative estimate of drug-likeness (QED) is 0.527. The molecule has 0 aliphatic carbocycles. The van der Waals surface area contributed by atoms with Gasteiger partial charge in [-0.3, -0.25) is 14.9 Å². The molecule has 0 saturated carbocycles. The summed E-state index contributed by atoms with van der Waals surface area (Å²) >= 11 is 0. The van der Waals surface area contributed by atoms with Crippen LogP contribution >= 0.6 is 0 Å². The van der Waals surface area contributed by atoms with E-state index in [1.54, 1.807) is 11.0 Å².